The molecule has 3 aromatic rings. The van der Waals surface area contributed by atoms with Crippen LogP contribution >= 0.6 is 45.2 Å². The predicted octanol–water partition coefficient (Wildman–Crippen LogP) is 3.65. The third-order valence-electron chi connectivity index (χ3n) is 3.05. The Balaban J connectivity index is 2.06. The van der Waals surface area contributed by atoms with E-state index in [-0.39, 0.29) is 5.56 Å². The number of hydrogen-bond acceptors (Lipinski definition) is 2. The van der Waals surface area contributed by atoms with E-state index in [9.17, 15) is 4.79 Å². The van der Waals surface area contributed by atoms with Crippen LogP contribution in [0.1, 0.15) is 5.56 Å². The van der Waals surface area contributed by atoms with Gasteiger partial charge in [0.25, 0.3) is 5.56 Å². The summed E-state index contributed by atoms with van der Waals surface area (Å²) < 4.78 is 3.88. The molecule has 20 heavy (non-hydrogen) atoms. The average Bonchev–Trinajstić information content (AvgIpc) is 2.45. The molecule has 5 heteroatoms. The molecule has 0 aliphatic heterocycles. The molecule has 0 unspecified atom stereocenters. The molecule has 0 N–H and O–H groups in total. The lowest BCUT2D eigenvalue weighted by atomic mass is 10.2. The summed E-state index contributed by atoms with van der Waals surface area (Å²) >= 11 is 4.47. The molecule has 0 radical (unpaired) electrons. The van der Waals surface area contributed by atoms with Crippen molar-refractivity contribution in [2.24, 2.45) is 0 Å². The fourth-order valence-electron chi connectivity index (χ4n) is 2.03. The first-order chi connectivity index (χ1) is 9.63. The molecule has 100 valence electrons. The maximum Gasteiger partial charge on any atom is 0.261 e. The number of fused-ring (bicyclic) bond motifs is 1. The maximum atomic E-state index is 12.5. The summed E-state index contributed by atoms with van der Waals surface area (Å²) in [5, 5.41) is 0.671. The van der Waals surface area contributed by atoms with Gasteiger partial charge in [0.2, 0.25) is 0 Å². The van der Waals surface area contributed by atoms with Crippen molar-refractivity contribution in [3.8, 4) is 0 Å². The summed E-state index contributed by atoms with van der Waals surface area (Å²) in [5.74, 6) is 0. The van der Waals surface area contributed by atoms with Gasteiger partial charge in [-0.05, 0) is 81.1 Å². The highest BCUT2D eigenvalue weighted by molar-refractivity contribution is 14.1. The molecule has 0 atom stereocenters. The normalized spacial score (nSPS) is 10.9. The molecule has 0 aliphatic rings. The van der Waals surface area contributed by atoms with Gasteiger partial charge in [0.1, 0.15) is 0 Å². The lowest BCUT2D eigenvalue weighted by Crippen LogP contribution is -2.21. The maximum absolute atomic E-state index is 12.5. The minimum absolute atomic E-state index is 0.00654. The van der Waals surface area contributed by atoms with E-state index in [1.165, 1.54) is 3.57 Å². The zero-order chi connectivity index (χ0) is 14.1. The van der Waals surface area contributed by atoms with Crippen molar-refractivity contribution in [2.75, 3.05) is 0 Å². The lowest BCUT2D eigenvalue weighted by Gasteiger charge is -2.07. The highest BCUT2D eigenvalue weighted by atomic mass is 127. The fraction of sp³-hybridized carbons (Fsp3) is 0.0667. The van der Waals surface area contributed by atoms with E-state index in [4.69, 9.17) is 0 Å². The standard InChI is InChI=1S/C15H10I2N2O/c16-11-3-1-10(2-4-11)8-19-9-18-14-6-5-12(17)7-13(14)15(19)20/h1-7,9H,8H2. The second-order valence-corrected chi connectivity index (χ2v) is 6.96. The zero-order valence-electron chi connectivity index (χ0n) is 10.4. The summed E-state index contributed by atoms with van der Waals surface area (Å²) in [4.78, 5) is 16.8. The molecule has 1 aromatic heterocycles. The molecule has 1 heterocycles. The molecule has 0 saturated carbocycles. The molecule has 0 bridgehead atoms. The van der Waals surface area contributed by atoms with Crippen molar-refractivity contribution < 1.29 is 0 Å². The van der Waals surface area contributed by atoms with Crippen LogP contribution in [-0.2, 0) is 6.54 Å². The second-order valence-electron chi connectivity index (χ2n) is 4.47. The fourth-order valence-corrected chi connectivity index (χ4v) is 2.88. The van der Waals surface area contributed by atoms with Crippen LogP contribution in [0.4, 0.5) is 0 Å². The molecular formula is C15H10I2N2O. The van der Waals surface area contributed by atoms with Gasteiger partial charge >= 0.3 is 0 Å². The zero-order valence-corrected chi connectivity index (χ0v) is 14.7. The Kier molecular flexibility index (Phi) is 4.06. The van der Waals surface area contributed by atoms with Gasteiger partial charge in [0.05, 0.1) is 23.8 Å². The smallest absolute Gasteiger partial charge is 0.261 e. The highest BCUT2D eigenvalue weighted by Gasteiger charge is 2.05. The number of aromatic nitrogens is 2. The van der Waals surface area contributed by atoms with Crippen LogP contribution < -0.4 is 5.56 Å². The van der Waals surface area contributed by atoms with Gasteiger partial charge in [-0.2, -0.15) is 0 Å². The second kappa shape index (κ2) is 5.80. The molecule has 0 aliphatic carbocycles. The Labute approximate surface area is 143 Å². The molecule has 2 aromatic carbocycles. The van der Waals surface area contributed by atoms with E-state index in [0.29, 0.717) is 11.9 Å². The quantitative estimate of drug-likeness (QED) is 0.517. The van der Waals surface area contributed by atoms with Crippen molar-refractivity contribution in [2.45, 2.75) is 6.54 Å². The first-order valence-electron chi connectivity index (χ1n) is 6.02. The lowest BCUT2D eigenvalue weighted by molar-refractivity contribution is 0.748. The van der Waals surface area contributed by atoms with Crippen molar-refractivity contribution >= 4 is 56.1 Å². The van der Waals surface area contributed by atoms with Crippen molar-refractivity contribution in [3.05, 3.63) is 71.8 Å². The number of benzene rings is 2. The first-order valence-corrected chi connectivity index (χ1v) is 8.18. The van der Waals surface area contributed by atoms with Crippen LogP contribution in [0.15, 0.2) is 53.6 Å². The number of rotatable bonds is 2. The Morgan fingerprint density at radius 3 is 2.45 bits per heavy atom. The van der Waals surface area contributed by atoms with E-state index in [1.807, 2.05) is 42.5 Å². The Hall–Kier alpha value is -0.960. The van der Waals surface area contributed by atoms with E-state index in [0.717, 1.165) is 14.7 Å². The van der Waals surface area contributed by atoms with Gasteiger partial charge in [0, 0.05) is 7.14 Å². The Morgan fingerprint density at radius 1 is 1.00 bits per heavy atom. The summed E-state index contributed by atoms with van der Waals surface area (Å²) in [7, 11) is 0. The highest BCUT2D eigenvalue weighted by Crippen LogP contribution is 2.12. The number of halogens is 2. The summed E-state index contributed by atoms with van der Waals surface area (Å²) in [6, 6.07) is 13.9. The largest absolute Gasteiger partial charge is 0.294 e. The minimum atomic E-state index is 0.00654. The summed E-state index contributed by atoms with van der Waals surface area (Å²) in [6.45, 7) is 0.546. The van der Waals surface area contributed by atoms with E-state index >= 15 is 0 Å². The van der Waals surface area contributed by atoms with Crippen molar-refractivity contribution in [3.63, 3.8) is 0 Å². The van der Waals surface area contributed by atoms with Crippen molar-refractivity contribution in [1.29, 1.82) is 0 Å². The van der Waals surface area contributed by atoms with Crippen molar-refractivity contribution in [1.82, 2.24) is 9.55 Å². The predicted molar refractivity (Wildman–Crippen MR) is 97.0 cm³/mol. The van der Waals surface area contributed by atoms with Crippen LogP contribution in [0.25, 0.3) is 10.9 Å². The van der Waals surface area contributed by atoms with Gasteiger partial charge in [-0.25, -0.2) is 4.98 Å². The molecule has 0 saturated heterocycles. The Bertz CT molecular complexity index is 825. The van der Waals surface area contributed by atoms with Crippen LogP contribution in [0.5, 0.6) is 0 Å². The van der Waals surface area contributed by atoms with Crippen LogP contribution in [-0.4, -0.2) is 9.55 Å². The third kappa shape index (κ3) is 2.88. The van der Waals surface area contributed by atoms with E-state index in [1.54, 1.807) is 10.9 Å². The van der Waals surface area contributed by atoms with Gasteiger partial charge in [-0.1, -0.05) is 12.1 Å². The number of nitrogens with zero attached hydrogens (tertiary/aromatic N) is 2. The first kappa shape index (κ1) is 14.0. The molecular weight excluding hydrogens is 478 g/mol. The number of hydrogen-bond donors (Lipinski definition) is 0. The monoisotopic (exact) mass is 488 g/mol. The van der Waals surface area contributed by atoms with Gasteiger partial charge in [-0.3, -0.25) is 9.36 Å². The van der Waals surface area contributed by atoms with Gasteiger partial charge in [-0.15, -0.1) is 0 Å². The summed E-state index contributed by atoms with van der Waals surface area (Å²) in [5.41, 5.74) is 1.85. The third-order valence-corrected chi connectivity index (χ3v) is 4.44. The van der Waals surface area contributed by atoms with Gasteiger partial charge in [0.15, 0.2) is 0 Å². The average molecular weight is 488 g/mol. The molecule has 0 fully saturated rings. The van der Waals surface area contributed by atoms with Gasteiger partial charge < -0.3 is 0 Å². The molecule has 0 spiro atoms. The molecule has 0 amide bonds. The molecule has 3 nitrogen and oxygen atoms in total. The Morgan fingerprint density at radius 2 is 1.70 bits per heavy atom. The minimum Gasteiger partial charge on any atom is -0.294 e. The van der Waals surface area contributed by atoms with E-state index in [2.05, 4.69) is 50.2 Å². The SMILES string of the molecule is O=c1c2cc(I)ccc2ncn1Cc1ccc(I)cc1. The van der Waals surface area contributed by atoms with Crippen LogP contribution in [0, 0.1) is 7.14 Å². The summed E-state index contributed by atoms with van der Waals surface area (Å²) in [6.07, 6.45) is 1.62. The molecule has 3 rings (SSSR count). The van der Waals surface area contributed by atoms with Crippen LogP contribution in [0.3, 0.4) is 0 Å². The van der Waals surface area contributed by atoms with Crippen LogP contribution in [0.2, 0.25) is 0 Å². The topological polar surface area (TPSA) is 34.9 Å². The van der Waals surface area contributed by atoms with E-state index < -0.39 is 0 Å².